The number of halogens is 2. The van der Waals surface area contributed by atoms with Crippen LogP contribution in [-0.2, 0) is 0 Å². The van der Waals surface area contributed by atoms with Crippen LogP contribution in [0.15, 0.2) is 47.6 Å². The Morgan fingerprint density at radius 2 is 1.83 bits per heavy atom. The third-order valence-corrected chi connectivity index (χ3v) is 4.84. The van der Waals surface area contributed by atoms with E-state index in [9.17, 15) is 18.4 Å². The van der Waals surface area contributed by atoms with Crippen molar-refractivity contribution in [3.05, 3.63) is 65.2 Å². The zero-order valence-electron chi connectivity index (χ0n) is 15.3. The van der Waals surface area contributed by atoms with Crippen molar-refractivity contribution < 1.29 is 23.1 Å². The lowest BCUT2D eigenvalue weighted by molar-refractivity contribution is 0.0277. The number of hydrazone groups is 1. The normalized spacial score (nSPS) is 18.6. The Balaban J connectivity index is 1.38. The van der Waals surface area contributed by atoms with E-state index >= 15 is 0 Å². The van der Waals surface area contributed by atoms with Gasteiger partial charge in [0.2, 0.25) is 5.91 Å². The van der Waals surface area contributed by atoms with Gasteiger partial charge in [-0.25, -0.2) is 18.6 Å². The fourth-order valence-electron chi connectivity index (χ4n) is 3.37. The molecule has 29 heavy (non-hydrogen) atoms. The number of carbonyl (C=O) groups excluding carboxylic acids is 2. The van der Waals surface area contributed by atoms with Crippen molar-refractivity contribution in [1.29, 1.82) is 0 Å². The lowest BCUT2D eigenvalue weighted by atomic mass is 10.0. The lowest BCUT2D eigenvalue weighted by Crippen LogP contribution is -2.58. The Hall–Kier alpha value is -3.49. The van der Waals surface area contributed by atoms with Gasteiger partial charge in [-0.2, -0.15) is 5.10 Å². The Morgan fingerprint density at radius 3 is 2.52 bits per heavy atom. The number of hydrogen-bond acceptors (Lipinski definition) is 4. The number of urea groups is 1. The fourth-order valence-corrected chi connectivity index (χ4v) is 3.37. The molecule has 0 bridgehead atoms. The molecule has 2 N–H and O–H groups in total. The molecule has 2 heterocycles. The van der Waals surface area contributed by atoms with Crippen molar-refractivity contribution in [3.63, 3.8) is 0 Å². The summed E-state index contributed by atoms with van der Waals surface area (Å²) in [6.45, 7) is 0.659. The molecule has 1 saturated heterocycles. The van der Waals surface area contributed by atoms with E-state index in [2.05, 4.69) is 5.10 Å². The van der Waals surface area contributed by atoms with Crippen molar-refractivity contribution in [1.82, 2.24) is 9.91 Å². The minimum Gasteiger partial charge on any atom is -0.487 e. The summed E-state index contributed by atoms with van der Waals surface area (Å²) in [7, 11) is 0. The summed E-state index contributed by atoms with van der Waals surface area (Å²) in [4.78, 5) is 25.5. The predicted molar refractivity (Wildman–Crippen MR) is 100 cm³/mol. The van der Waals surface area contributed by atoms with Gasteiger partial charge >= 0.3 is 6.03 Å². The zero-order valence-corrected chi connectivity index (χ0v) is 15.3. The number of carbonyl (C=O) groups is 2. The average molecular weight is 400 g/mol. The summed E-state index contributed by atoms with van der Waals surface area (Å²) in [6.07, 6.45) is 1.69. The molecule has 2 aliphatic rings. The summed E-state index contributed by atoms with van der Waals surface area (Å²) >= 11 is 0. The van der Waals surface area contributed by atoms with E-state index in [1.807, 2.05) is 0 Å². The van der Waals surface area contributed by atoms with Crippen LogP contribution in [0.2, 0.25) is 0 Å². The largest absolute Gasteiger partial charge is 0.487 e. The highest BCUT2D eigenvalue weighted by Crippen LogP contribution is 2.31. The molecule has 2 aromatic rings. The topological polar surface area (TPSA) is 88.2 Å². The van der Waals surface area contributed by atoms with Crippen molar-refractivity contribution >= 4 is 18.2 Å². The van der Waals surface area contributed by atoms with Crippen molar-refractivity contribution in [2.45, 2.75) is 18.6 Å². The molecule has 1 fully saturated rings. The van der Waals surface area contributed by atoms with E-state index in [1.165, 1.54) is 22.0 Å². The predicted octanol–water partition coefficient (Wildman–Crippen LogP) is 2.68. The molecule has 9 heteroatoms. The number of ether oxygens (including phenoxy) is 1. The van der Waals surface area contributed by atoms with Gasteiger partial charge in [0.05, 0.1) is 19.1 Å². The maximum atomic E-state index is 13.5. The second-order valence-corrected chi connectivity index (χ2v) is 6.92. The monoisotopic (exact) mass is 400 g/mol. The van der Waals surface area contributed by atoms with Gasteiger partial charge in [-0.3, -0.25) is 4.79 Å². The van der Waals surface area contributed by atoms with E-state index in [4.69, 9.17) is 10.5 Å². The van der Waals surface area contributed by atoms with Gasteiger partial charge in [0.15, 0.2) is 0 Å². The van der Waals surface area contributed by atoms with Crippen LogP contribution in [0.5, 0.6) is 5.75 Å². The third kappa shape index (κ3) is 3.89. The first-order chi connectivity index (χ1) is 13.9. The molecule has 0 spiro atoms. The van der Waals surface area contributed by atoms with E-state index in [0.717, 1.165) is 6.07 Å². The Labute approximate surface area is 165 Å². The molecule has 0 aromatic heterocycles. The molecule has 3 amide bonds. The third-order valence-electron chi connectivity index (χ3n) is 4.84. The average Bonchev–Trinajstić information content (AvgIpc) is 3.13. The molecular formula is C20H18F2N4O3. The molecule has 2 aliphatic heterocycles. The highest BCUT2D eigenvalue weighted by atomic mass is 19.1. The summed E-state index contributed by atoms with van der Waals surface area (Å²) in [5.41, 5.74) is 5.95. The quantitative estimate of drug-likeness (QED) is 0.856. The summed E-state index contributed by atoms with van der Waals surface area (Å²) < 4.78 is 32.9. The van der Waals surface area contributed by atoms with E-state index in [-0.39, 0.29) is 12.1 Å². The number of nitrogens with two attached hydrogens (primary N) is 1. The summed E-state index contributed by atoms with van der Waals surface area (Å²) in [5.74, 6) is -1.46. The van der Waals surface area contributed by atoms with Crippen molar-refractivity contribution in [3.8, 4) is 5.75 Å². The molecule has 1 atom stereocenters. The van der Waals surface area contributed by atoms with Gasteiger partial charge in [-0.05, 0) is 35.9 Å². The van der Waals surface area contributed by atoms with E-state index in [0.29, 0.717) is 36.4 Å². The van der Waals surface area contributed by atoms with Crippen LogP contribution in [0.25, 0.3) is 0 Å². The minimum atomic E-state index is -0.699. The Morgan fingerprint density at radius 1 is 1.10 bits per heavy atom. The van der Waals surface area contributed by atoms with E-state index in [1.54, 1.807) is 30.5 Å². The SMILES string of the molecule is NC(=O)c1cccc(OC2CN(C(=O)N3N=CCC3c3cc(F)cc(F)c3)C2)c1. The first kappa shape index (κ1) is 18.9. The summed E-state index contributed by atoms with van der Waals surface area (Å²) in [6, 6.07) is 8.79. The van der Waals surface area contributed by atoms with Gasteiger partial charge in [-0.1, -0.05) is 6.07 Å². The number of benzene rings is 2. The van der Waals surface area contributed by atoms with E-state index < -0.39 is 23.6 Å². The fraction of sp³-hybridized carbons (Fsp3) is 0.250. The second-order valence-electron chi connectivity index (χ2n) is 6.92. The van der Waals surface area contributed by atoms with Crippen LogP contribution in [0.1, 0.15) is 28.4 Å². The minimum absolute atomic E-state index is 0.237. The van der Waals surface area contributed by atoms with Crippen LogP contribution < -0.4 is 10.5 Å². The molecule has 7 nitrogen and oxygen atoms in total. The van der Waals surface area contributed by atoms with Gasteiger partial charge in [0.25, 0.3) is 0 Å². The van der Waals surface area contributed by atoms with Crippen LogP contribution in [0.3, 0.4) is 0 Å². The van der Waals surface area contributed by atoms with Crippen LogP contribution in [0, 0.1) is 11.6 Å². The maximum Gasteiger partial charge on any atom is 0.341 e. The second kappa shape index (κ2) is 7.50. The molecular weight excluding hydrogens is 382 g/mol. The number of nitrogens with zero attached hydrogens (tertiary/aromatic N) is 3. The highest BCUT2D eigenvalue weighted by molar-refractivity contribution is 5.93. The van der Waals surface area contributed by atoms with Crippen LogP contribution >= 0.6 is 0 Å². The van der Waals surface area contributed by atoms with Gasteiger partial charge in [0.1, 0.15) is 23.5 Å². The molecule has 0 aliphatic carbocycles. The Kier molecular flexibility index (Phi) is 4.87. The summed E-state index contributed by atoms with van der Waals surface area (Å²) in [5, 5.41) is 5.31. The number of rotatable bonds is 4. The smallest absolute Gasteiger partial charge is 0.341 e. The van der Waals surface area contributed by atoms with Crippen molar-refractivity contribution in [2.75, 3.05) is 13.1 Å². The number of amides is 3. The molecule has 2 aromatic carbocycles. The first-order valence-electron chi connectivity index (χ1n) is 9.04. The zero-order chi connectivity index (χ0) is 20.5. The number of hydrogen-bond donors (Lipinski definition) is 1. The number of likely N-dealkylation sites (tertiary alicyclic amines) is 1. The molecule has 0 saturated carbocycles. The Bertz CT molecular complexity index is 971. The van der Waals surface area contributed by atoms with Crippen LogP contribution in [0.4, 0.5) is 13.6 Å². The highest BCUT2D eigenvalue weighted by Gasteiger charge is 2.39. The lowest BCUT2D eigenvalue weighted by Gasteiger charge is -2.41. The molecule has 0 radical (unpaired) electrons. The van der Waals surface area contributed by atoms with Gasteiger partial charge < -0.3 is 15.4 Å². The molecule has 150 valence electrons. The van der Waals surface area contributed by atoms with Crippen LogP contribution in [-0.4, -0.2) is 47.3 Å². The molecule has 1 unspecified atom stereocenters. The standard InChI is InChI=1S/C20H18F2N4O3/c21-14-6-13(7-15(22)9-14)18-4-5-24-26(18)20(28)25-10-17(11-25)29-16-3-1-2-12(8-16)19(23)27/h1-3,5-9,17-18H,4,10-11H2,(H2,23,27). The maximum absolute atomic E-state index is 13.5. The number of primary amides is 1. The van der Waals surface area contributed by atoms with Gasteiger partial charge in [0, 0.05) is 24.3 Å². The molecule has 4 rings (SSSR count). The van der Waals surface area contributed by atoms with Gasteiger partial charge in [-0.15, -0.1) is 0 Å². The van der Waals surface area contributed by atoms with Crippen molar-refractivity contribution in [2.24, 2.45) is 10.8 Å². The first-order valence-corrected chi connectivity index (χ1v) is 9.04.